The van der Waals surface area contributed by atoms with E-state index < -0.39 is 10.0 Å². The van der Waals surface area contributed by atoms with Gasteiger partial charge < -0.3 is 5.73 Å². The van der Waals surface area contributed by atoms with Gasteiger partial charge in [-0.15, -0.1) is 0 Å². The van der Waals surface area contributed by atoms with E-state index in [4.69, 9.17) is 17.3 Å². The Balaban J connectivity index is 2.85. The fourth-order valence-corrected chi connectivity index (χ4v) is 2.12. The molecular formula is C13H14ClN3O2S. The van der Waals surface area contributed by atoms with Gasteiger partial charge in [0.15, 0.2) is 0 Å². The third kappa shape index (κ3) is 4.91. The highest BCUT2D eigenvalue weighted by atomic mass is 35.5. The Labute approximate surface area is 123 Å². The molecule has 0 spiro atoms. The summed E-state index contributed by atoms with van der Waals surface area (Å²) in [6, 6.07) is 5.72. The molecule has 0 saturated heterocycles. The molecular weight excluding hydrogens is 298 g/mol. The lowest BCUT2D eigenvalue weighted by molar-refractivity contribution is 0.584. The minimum absolute atomic E-state index is 0.0615. The van der Waals surface area contributed by atoms with E-state index in [1.165, 1.54) is 42.6 Å². The Bertz CT molecular complexity index is 661. The lowest BCUT2D eigenvalue weighted by atomic mass is 10.2. The number of allylic oxidation sites excluding steroid dienone is 3. The molecule has 1 aromatic carbocycles. The van der Waals surface area contributed by atoms with Crippen molar-refractivity contribution >= 4 is 27.8 Å². The average Bonchev–Trinajstić information content (AvgIpc) is 2.37. The number of benzene rings is 1. The summed E-state index contributed by atoms with van der Waals surface area (Å²) in [6.07, 6.45) is 4.25. The normalized spacial score (nSPS) is 12.3. The van der Waals surface area contributed by atoms with Gasteiger partial charge in [0.05, 0.1) is 11.1 Å². The van der Waals surface area contributed by atoms with Gasteiger partial charge in [-0.3, -0.25) is 0 Å². The van der Waals surface area contributed by atoms with E-state index in [2.05, 4.69) is 23.1 Å². The van der Waals surface area contributed by atoms with Crippen molar-refractivity contribution in [3.05, 3.63) is 65.9 Å². The van der Waals surface area contributed by atoms with Crippen LogP contribution >= 0.6 is 11.6 Å². The smallest absolute Gasteiger partial charge is 0.276 e. The molecule has 0 aliphatic heterocycles. The van der Waals surface area contributed by atoms with Gasteiger partial charge in [0.25, 0.3) is 10.0 Å². The van der Waals surface area contributed by atoms with E-state index in [1.54, 1.807) is 0 Å². The SMILES string of the molecule is C=CC(/C=N/NS(=O)(=O)c1ccc(Cl)cc1)=C\C(=C)N. The van der Waals surface area contributed by atoms with Crippen molar-refractivity contribution in [1.82, 2.24) is 4.83 Å². The Hall–Kier alpha value is -2.05. The Kier molecular flexibility index (Phi) is 5.54. The minimum atomic E-state index is -3.73. The van der Waals surface area contributed by atoms with Gasteiger partial charge in [-0.05, 0) is 35.9 Å². The van der Waals surface area contributed by atoms with Crippen molar-refractivity contribution < 1.29 is 8.42 Å². The van der Waals surface area contributed by atoms with Crippen LogP contribution in [0.1, 0.15) is 0 Å². The Morgan fingerprint density at radius 2 is 1.95 bits per heavy atom. The van der Waals surface area contributed by atoms with Crippen LogP contribution in [0, 0.1) is 0 Å². The minimum Gasteiger partial charge on any atom is -0.399 e. The Morgan fingerprint density at radius 1 is 1.35 bits per heavy atom. The zero-order valence-electron chi connectivity index (χ0n) is 10.6. The summed E-state index contributed by atoms with van der Waals surface area (Å²) in [6.45, 7) is 7.05. The molecule has 0 saturated carbocycles. The summed E-state index contributed by atoms with van der Waals surface area (Å²) in [5.74, 6) is 0. The lowest BCUT2D eigenvalue weighted by Gasteiger charge is -2.03. The van der Waals surface area contributed by atoms with Crippen LogP contribution in [-0.2, 0) is 10.0 Å². The van der Waals surface area contributed by atoms with Crippen LogP contribution in [0.3, 0.4) is 0 Å². The third-order valence-corrected chi connectivity index (χ3v) is 3.59. The number of nitrogens with one attached hydrogen (secondary N) is 1. The van der Waals surface area contributed by atoms with E-state index in [0.717, 1.165) is 0 Å². The van der Waals surface area contributed by atoms with Crippen molar-refractivity contribution in [1.29, 1.82) is 0 Å². The zero-order valence-corrected chi connectivity index (χ0v) is 12.2. The van der Waals surface area contributed by atoms with Gasteiger partial charge in [-0.1, -0.05) is 30.8 Å². The highest BCUT2D eigenvalue weighted by Gasteiger charge is 2.11. The van der Waals surface area contributed by atoms with Crippen molar-refractivity contribution in [3.8, 4) is 0 Å². The van der Waals surface area contributed by atoms with Gasteiger partial charge in [0, 0.05) is 10.7 Å². The maximum absolute atomic E-state index is 11.9. The zero-order chi connectivity index (χ0) is 15.2. The average molecular weight is 312 g/mol. The molecule has 0 fully saturated rings. The molecule has 3 N–H and O–H groups in total. The first kappa shape index (κ1) is 16.0. The first-order chi connectivity index (χ1) is 9.35. The number of rotatable bonds is 6. The van der Waals surface area contributed by atoms with Crippen LogP contribution in [0.2, 0.25) is 5.02 Å². The number of nitrogens with two attached hydrogens (primary N) is 1. The molecule has 20 heavy (non-hydrogen) atoms. The molecule has 0 atom stereocenters. The number of hydrogen-bond acceptors (Lipinski definition) is 4. The van der Waals surface area contributed by atoms with Gasteiger partial charge in [-0.2, -0.15) is 13.5 Å². The molecule has 0 radical (unpaired) electrons. The van der Waals surface area contributed by atoms with E-state index in [1.807, 2.05) is 0 Å². The second kappa shape index (κ2) is 6.93. The molecule has 0 aliphatic rings. The molecule has 1 aromatic rings. The molecule has 0 aliphatic carbocycles. The summed E-state index contributed by atoms with van der Waals surface area (Å²) < 4.78 is 23.8. The van der Waals surface area contributed by atoms with Crippen molar-refractivity contribution in [2.24, 2.45) is 10.8 Å². The van der Waals surface area contributed by atoms with Crippen molar-refractivity contribution in [2.75, 3.05) is 0 Å². The first-order valence-corrected chi connectivity index (χ1v) is 7.30. The molecule has 0 heterocycles. The first-order valence-electron chi connectivity index (χ1n) is 5.44. The number of sulfonamides is 1. The summed E-state index contributed by atoms with van der Waals surface area (Å²) in [5, 5.41) is 4.08. The quantitative estimate of drug-likeness (QED) is 0.480. The second-order valence-electron chi connectivity index (χ2n) is 3.73. The fourth-order valence-electron chi connectivity index (χ4n) is 1.20. The van der Waals surface area contributed by atoms with Gasteiger partial charge in [0.1, 0.15) is 0 Å². The largest absolute Gasteiger partial charge is 0.399 e. The second-order valence-corrected chi connectivity index (χ2v) is 5.83. The highest BCUT2D eigenvalue weighted by molar-refractivity contribution is 7.89. The molecule has 106 valence electrons. The monoisotopic (exact) mass is 311 g/mol. The van der Waals surface area contributed by atoms with E-state index >= 15 is 0 Å². The molecule has 5 nitrogen and oxygen atoms in total. The summed E-state index contributed by atoms with van der Waals surface area (Å²) >= 11 is 5.69. The van der Waals surface area contributed by atoms with Gasteiger partial charge >= 0.3 is 0 Å². The maximum Gasteiger partial charge on any atom is 0.276 e. The number of hydrogen-bond donors (Lipinski definition) is 2. The topological polar surface area (TPSA) is 84.5 Å². The van der Waals surface area contributed by atoms with E-state index in [9.17, 15) is 8.42 Å². The van der Waals surface area contributed by atoms with Crippen LogP contribution in [0.4, 0.5) is 0 Å². The predicted molar refractivity (Wildman–Crippen MR) is 81.9 cm³/mol. The highest BCUT2D eigenvalue weighted by Crippen LogP contribution is 2.13. The summed E-state index contributed by atoms with van der Waals surface area (Å²) in [4.78, 5) is 2.13. The van der Waals surface area contributed by atoms with Crippen LogP contribution in [0.15, 0.2) is 70.8 Å². The molecule has 0 amide bonds. The van der Waals surface area contributed by atoms with Crippen molar-refractivity contribution in [2.45, 2.75) is 4.90 Å². The molecule has 0 bridgehead atoms. The number of halogens is 1. The Morgan fingerprint density at radius 3 is 2.45 bits per heavy atom. The van der Waals surface area contributed by atoms with Crippen LogP contribution in [-0.4, -0.2) is 14.6 Å². The maximum atomic E-state index is 11.9. The number of hydrazone groups is 1. The summed E-state index contributed by atoms with van der Waals surface area (Å²) in [7, 11) is -3.73. The van der Waals surface area contributed by atoms with Crippen molar-refractivity contribution in [3.63, 3.8) is 0 Å². The van der Waals surface area contributed by atoms with Gasteiger partial charge in [0.2, 0.25) is 0 Å². The van der Waals surface area contributed by atoms with Crippen LogP contribution in [0.25, 0.3) is 0 Å². The standard InChI is InChI=1S/C13H14ClN3O2S/c1-3-11(8-10(2)15)9-16-17-20(18,19)13-6-4-12(14)5-7-13/h3-9,17H,1-2,15H2/b11-8+,16-9+. The van der Waals surface area contributed by atoms with Crippen LogP contribution in [0.5, 0.6) is 0 Å². The summed E-state index contributed by atoms with van der Waals surface area (Å²) in [5.41, 5.74) is 6.24. The number of nitrogens with zero attached hydrogens (tertiary/aromatic N) is 1. The van der Waals surface area contributed by atoms with E-state index in [0.29, 0.717) is 16.3 Å². The fraction of sp³-hybridized carbons (Fsp3) is 0. The molecule has 1 rings (SSSR count). The molecule has 0 aromatic heterocycles. The molecule has 0 unspecified atom stereocenters. The lowest BCUT2D eigenvalue weighted by Crippen LogP contribution is -2.18. The predicted octanol–water partition coefficient (Wildman–Crippen LogP) is 2.19. The molecule has 7 heteroatoms. The van der Waals surface area contributed by atoms with Gasteiger partial charge in [-0.25, -0.2) is 4.83 Å². The van der Waals surface area contributed by atoms with Crippen LogP contribution < -0.4 is 10.6 Å². The third-order valence-electron chi connectivity index (χ3n) is 2.10. The van der Waals surface area contributed by atoms with E-state index in [-0.39, 0.29) is 4.90 Å².